The highest BCUT2D eigenvalue weighted by Gasteiger charge is 2.18. The van der Waals surface area contributed by atoms with Gasteiger partial charge >= 0.3 is 0 Å². The zero-order valence-corrected chi connectivity index (χ0v) is 13.9. The molecular formula is C10H15BrCl2N2O2S. The van der Waals surface area contributed by atoms with E-state index in [9.17, 15) is 8.42 Å². The third-order valence-corrected chi connectivity index (χ3v) is 4.91. The predicted molar refractivity (Wildman–Crippen MR) is 80.1 cm³/mol. The normalized spacial score (nSPS) is 12.9. The number of hydrogen-bond acceptors (Lipinski definition) is 3. The van der Waals surface area contributed by atoms with Gasteiger partial charge in [0.1, 0.15) is 0 Å². The largest absolute Gasteiger partial charge is 0.316 e. The van der Waals surface area contributed by atoms with Crippen LogP contribution >= 0.6 is 39.9 Å². The van der Waals surface area contributed by atoms with E-state index >= 15 is 0 Å². The van der Waals surface area contributed by atoms with Crippen LogP contribution in [-0.2, 0) is 10.0 Å². The summed E-state index contributed by atoms with van der Waals surface area (Å²) >= 11 is 8.98. The van der Waals surface area contributed by atoms with Crippen molar-refractivity contribution in [1.29, 1.82) is 0 Å². The van der Waals surface area contributed by atoms with Gasteiger partial charge in [-0.3, -0.25) is 0 Å². The third kappa shape index (κ3) is 5.03. The molecule has 2 N–H and O–H groups in total. The van der Waals surface area contributed by atoms with Gasteiger partial charge < -0.3 is 5.32 Å². The van der Waals surface area contributed by atoms with Crippen molar-refractivity contribution in [2.75, 3.05) is 13.6 Å². The number of hydrogen-bond donors (Lipinski definition) is 2. The van der Waals surface area contributed by atoms with Crippen LogP contribution < -0.4 is 10.0 Å². The average Bonchev–Trinajstić information content (AvgIpc) is 2.29. The Kier molecular flexibility index (Phi) is 7.73. The first kappa shape index (κ1) is 18.1. The molecule has 1 atom stereocenters. The second-order valence-electron chi connectivity index (χ2n) is 3.62. The fourth-order valence-corrected chi connectivity index (χ4v) is 3.45. The molecule has 0 aliphatic carbocycles. The number of benzene rings is 1. The molecule has 0 aliphatic heterocycles. The van der Waals surface area contributed by atoms with Crippen LogP contribution in [0.1, 0.15) is 6.92 Å². The molecule has 0 saturated carbocycles. The first-order chi connectivity index (χ1) is 7.86. The van der Waals surface area contributed by atoms with E-state index in [1.54, 1.807) is 19.2 Å². The minimum Gasteiger partial charge on any atom is -0.316 e. The maximum Gasteiger partial charge on any atom is 0.241 e. The summed E-state index contributed by atoms with van der Waals surface area (Å²) in [5.41, 5.74) is 0. The van der Waals surface area contributed by atoms with Crippen LogP contribution in [0.25, 0.3) is 0 Å². The van der Waals surface area contributed by atoms with E-state index in [-0.39, 0.29) is 23.3 Å². The van der Waals surface area contributed by atoms with Crippen molar-refractivity contribution in [2.24, 2.45) is 0 Å². The van der Waals surface area contributed by atoms with Crippen molar-refractivity contribution in [1.82, 2.24) is 10.0 Å². The molecule has 0 bridgehead atoms. The average molecular weight is 378 g/mol. The second kappa shape index (κ2) is 7.67. The van der Waals surface area contributed by atoms with Crippen molar-refractivity contribution in [3.8, 4) is 0 Å². The molecule has 0 amide bonds. The number of likely N-dealkylation sites (N-methyl/N-ethyl adjacent to an activating group) is 1. The molecule has 104 valence electrons. The highest BCUT2D eigenvalue weighted by atomic mass is 79.9. The maximum absolute atomic E-state index is 12.0. The molecule has 1 aromatic rings. The van der Waals surface area contributed by atoms with Crippen LogP contribution in [0.15, 0.2) is 27.6 Å². The van der Waals surface area contributed by atoms with E-state index < -0.39 is 10.0 Å². The van der Waals surface area contributed by atoms with Crippen LogP contribution in [0.3, 0.4) is 0 Å². The van der Waals surface area contributed by atoms with Gasteiger partial charge in [0.25, 0.3) is 0 Å². The summed E-state index contributed by atoms with van der Waals surface area (Å²) in [7, 11) is -1.77. The van der Waals surface area contributed by atoms with E-state index in [0.29, 0.717) is 16.0 Å². The Balaban J connectivity index is 0.00000289. The van der Waals surface area contributed by atoms with Gasteiger partial charge in [-0.25, -0.2) is 13.1 Å². The van der Waals surface area contributed by atoms with Crippen molar-refractivity contribution in [3.63, 3.8) is 0 Å². The molecule has 18 heavy (non-hydrogen) atoms. The first-order valence-electron chi connectivity index (χ1n) is 4.99. The minimum absolute atomic E-state index is 0. The lowest BCUT2D eigenvalue weighted by molar-refractivity contribution is 0.554. The maximum atomic E-state index is 12.0. The van der Waals surface area contributed by atoms with Crippen LogP contribution in [0.4, 0.5) is 0 Å². The monoisotopic (exact) mass is 376 g/mol. The van der Waals surface area contributed by atoms with Gasteiger partial charge in [0, 0.05) is 22.1 Å². The summed E-state index contributed by atoms with van der Waals surface area (Å²) in [6.07, 6.45) is 0. The molecule has 0 aliphatic rings. The standard InChI is InChI=1S/C10H14BrClN2O2S.ClH/c1-7(13-2)6-14-17(15,16)10-5-8(12)3-4-9(10)11;/h3-5,7,13-14H,6H2,1-2H3;1H. The SMILES string of the molecule is CNC(C)CNS(=O)(=O)c1cc(Cl)ccc1Br.Cl. The molecule has 0 radical (unpaired) electrons. The molecule has 4 nitrogen and oxygen atoms in total. The molecule has 0 fully saturated rings. The molecular weight excluding hydrogens is 363 g/mol. The van der Waals surface area contributed by atoms with Crippen molar-refractivity contribution in [3.05, 3.63) is 27.7 Å². The predicted octanol–water partition coefficient (Wildman–Crippen LogP) is 2.41. The first-order valence-corrected chi connectivity index (χ1v) is 7.64. The Labute approximate surface area is 127 Å². The van der Waals surface area contributed by atoms with Crippen molar-refractivity contribution in [2.45, 2.75) is 17.9 Å². The molecule has 1 rings (SSSR count). The summed E-state index contributed by atoms with van der Waals surface area (Å²) in [6, 6.07) is 4.71. The fourth-order valence-electron chi connectivity index (χ4n) is 1.10. The lowest BCUT2D eigenvalue weighted by Gasteiger charge is -2.13. The lowest BCUT2D eigenvalue weighted by Crippen LogP contribution is -2.37. The van der Waals surface area contributed by atoms with Crippen molar-refractivity contribution < 1.29 is 8.42 Å². The van der Waals surface area contributed by atoms with Gasteiger partial charge in [-0.05, 0) is 48.1 Å². The van der Waals surface area contributed by atoms with E-state index in [1.165, 1.54) is 6.07 Å². The molecule has 8 heteroatoms. The third-order valence-electron chi connectivity index (χ3n) is 2.26. The van der Waals surface area contributed by atoms with Crippen molar-refractivity contribution >= 4 is 50.0 Å². The number of rotatable bonds is 5. The summed E-state index contributed by atoms with van der Waals surface area (Å²) < 4.78 is 27.0. The Morgan fingerprint density at radius 1 is 1.44 bits per heavy atom. The molecule has 0 saturated heterocycles. The van der Waals surface area contributed by atoms with Gasteiger partial charge in [0.15, 0.2) is 0 Å². The number of nitrogens with one attached hydrogen (secondary N) is 2. The highest BCUT2D eigenvalue weighted by Crippen LogP contribution is 2.25. The second-order valence-corrected chi connectivity index (χ2v) is 6.64. The molecule has 1 unspecified atom stereocenters. The van der Waals surface area contributed by atoms with Crippen LogP contribution in [-0.4, -0.2) is 28.1 Å². The zero-order chi connectivity index (χ0) is 13.1. The van der Waals surface area contributed by atoms with Gasteiger partial charge in [0.2, 0.25) is 10.0 Å². The van der Waals surface area contributed by atoms with Crippen LogP contribution in [0.5, 0.6) is 0 Å². The number of sulfonamides is 1. The Morgan fingerprint density at radius 3 is 2.61 bits per heavy atom. The number of halogens is 3. The zero-order valence-electron chi connectivity index (χ0n) is 9.91. The fraction of sp³-hybridized carbons (Fsp3) is 0.400. The smallest absolute Gasteiger partial charge is 0.241 e. The van der Waals surface area contributed by atoms with Gasteiger partial charge in [-0.15, -0.1) is 12.4 Å². The summed E-state index contributed by atoms with van der Waals surface area (Å²) in [4.78, 5) is 0.147. The lowest BCUT2D eigenvalue weighted by atomic mass is 10.4. The van der Waals surface area contributed by atoms with Gasteiger partial charge in [0.05, 0.1) is 4.90 Å². The van der Waals surface area contributed by atoms with E-state index in [2.05, 4.69) is 26.0 Å². The molecule has 1 aromatic carbocycles. The summed E-state index contributed by atoms with van der Waals surface area (Å²) in [5.74, 6) is 0. The van der Waals surface area contributed by atoms with Gasteiger partial charge in [-0.2, -0.15) is 0 Å². The van der Waals surface area contributed by atoms with E-state index in [4.69, 9.17) is 11.6 Å². The minimum atomic E-state index is -3.54. The van der Waals surface area contributed by atoms with E-state index in [1.807, 2.05) is 6.92 Å². The van der Waals surface area contributed by atoms with Crippen LogP contribution in [0.2, 0.25) is 5.02 Å². The quantitative estimate of drug-likeness (QED) is 0.828. The van der Waals surface area contributed by atoms with Crippen LogP contribution in [0, 0.1) is 0 Å². The Morgan fingerprint density at radius 2 is 2.06 bits per heavy atom. The topological polar surface area (TPSA) is 58.2 Å². The van der Waals surface area contributed by atoms with E-state index in [0.717, 1.165) is 0 Å². The molecule has 0 spiro atoms. The summed E-state index contributed by atoms with van der Waals surface area (Å²) in [6.45, 7) is 2.20. The Hall–Kier alpha value is 0.150. The summed E-state index contributed by atoms with van der Waals surface area (Å²) in [5, 5.41) is 3.33. The van der Waals surface area contributed by atoms with Gasteiger partial charge in [-0.1, -0.05) is 11.6 Å². The molecule has 0 heterocycles. The highest BCUT2D eigenvalue weighted by molar-refractivity contribution is 9.10. The molecule has 0 aromatic heterocycles. The Bertz CT molecular complexity index is 497.